The molecule has 0 radical (unpaired) electrons. The molecule has 23 heavy (non-hydrogen) atoms. The molecule has 1 unspecified atom stereocenters. The van der Waals surface area contributed by atoms with E-state index in [1.807, 2.05) is 0 Å². The van der Waals surface area contributed by atoms with Crippen LogP contribution in [-0.2, 0) is 14.3 Å². The Balaban J connectivity index is 2.12. The molecule has 0 spiro atoms. The third-order valence-corrected chi connectivity index (χ3v) is 3.80. The summed E-state index contributed by atoms with van der Waals surface area (Å²) in [6.45, 7) is 2.37. The highest BCUT2D eigenvalue weighted by Crippen LogP contribution is 2.19. The lowest BCUT2D eigenvalue weighted by molar-refractivity contribution is -0.288. The van der Waals surface area contributed by atoms with Crippen LogP contribution in [0.3, 0.4) is 0 Å². The van der Waals surface area contributed by atoms with Crippen LogP contribution in [0.4, 0.5) is 0 Å². The molecule has 1 heterocycles. The topological polar surface area (TPSA) is 128 Å². The number of unbranched alkanes of at least 4 members (excludes halogenated alkanes) is 4. The smallest absolute Gasteiger partial charge is 0.245 e. The van der Waals surface area contributed by atoms with Gasteiger partial charge in [0.2, 0.25) is 5.91 Å². The second kappa shape index (κ2) is 10.9. The average molecular weight is 335 g/mol. The fraction of sp³-hybridized carbons (Fsp3) is 0.933. The number of carbonyl (C=O) groups excluding carboxylic acids is 1. The molecule has 8 nitrogen and oxygen atoms in total. The molecule has 1 aliphatic heterocycles. The summed E-state index contributed by atoms with van der Waals surface area (Å²) in [5.74, 6) is -0.271. The van der Waals surface area contributed by atoms with Crippen LogP contribution in [0.25, 0.3) is 0 Å². The number of hydrogen-bond donors (Lipinski definition) is 5. The second-order valence-electron chi connectivity index (χ2n) is 5.82. The molecule has 0 aromatic carbocycles. The van der Waals surface area contributed by atoms with Gasteiger partial charge in [-0.2, -0.15) is 0 Å². The van der Waals surface area contributed by atoms with Crippen LogP contribution in [0.1, 0.15) is 39.0 Å². The van der Waals surface area contributed by atoms with Gasteiger partial charge < -0.3 is 35.2 Å². The van der Waals surface area contributed by atoms with Crippen LogP contribution < -0.4 is 5.32 Å². The van der Waals surface area contributed by atoms with E-state index in [0.717, 1.165) is 19.3 Å². The van der Waals surface area contributed by atoms with E-state index < -0.39 is 30.7 Å². The molecule has 0 aliphatic carbocycles. The summed E-state index contributed by atoms with van der Waals surface area (Å²) in [6, 6.07) is 0. The molecule has 1 aliphatic rings. The average Bonchev–Trinajstić information content (AvgIpc) is 2.53. The molecule has 1 fully saturated rings. The minimum atomic E-state index is -1.60. The predicted octanol–water partition coefficient (Wildman–Crippen LogP) is -1.11. The second-order valence-corrected chi connectivity index (χ2v) is 5.82. The van der Waals surface area contributed by atoms with Gasteiger partial charge in [0, 0.05) is 6.54 Å². The number of aliphatic hydroxyl groups is 4. The van der Waals surface area contributed by atoms with Gasteiger partial charge in [-0.1, -0.05) is 32.6 Å². The summed E-state index contributed by atoms with van der Waals surface area (Å²) >= 11 is 0. The van der Waals surface area contributed by atoms with E-state index in [1.165, 1.54) is 12.8 Å². The Labute approximate surface area is 136 Å². The molecule has 0 aromatic heterocycles. The van der Waals surface area contributed by atoms with Crippen LogP contribution in [0.2, 0.25) is 0 Å². The van der Waals surface area contributed by atoms with E-state index in [9.17, 15) is 25.2 Å². The van der Waals surface area contributed by atoms with Crippen LogP contribution in [0.15, 0.2) is 0 Å². The Morgan fingerprint density at radius 1 is 1.04 bits per heavy atom. The van der Waals surface area contributed by atoms with Crippen LogP contribution in [0, 0.1) is 0 Å². The van der Waals surface area contributed by atoms with Crippen molar-refractivity contribution in [3.8, 4) is 0 Å². The number of ether oxygens (including phenoxy) is 2. The molecule has 1 rings (SSSR count). The summed E-state index contributed by atoms with van der Waals surface area (Å²) in [5, 5.41) is 40.7. The van der Waals surface area contributed by atoms with E-state index in [2.05, 4.69) is 12.2 Å². The summed E-state index contributed by atoms with van der Waals surface area (Å²) in [7, 11) is 0. The van der Waals surface area contributed by atoms with E-state index in [-0.39, 0.29) is 19.1 Å². The summed E-state index contributed by atoms with van der Waals surface area (Å²) in [5.41, 5.74) is 0. The van der Waals surface area contributed by atoms with Crippen LogP contribution in [0.5, 0.6) is 0 Å². The maximum Gasteiger partial charge on any atom is 0.245 e. The summed E-state index contributed by atoms with van der Waals surface area (Å²) in [4.78, 5) is 11.6. The largest absolute Gasteiger partial charge is 0.387 e. The molecule has 0 bridgehead atoms. The highest BCUT2D eigenvalue weighted by molar-refractivity contribution is 5.77. The van der Waals surface area contributed by atoms with Gasteiger partial charge in [-0.25, -0.2) is 0 Å². The van der Waals surface area contributed by atoms with E-state index in [0.29, 0.717) is 6.54 Å². The highest BCUT2D eigenvalue weighted by atomic mass is 16.6. The number of hydrogen-bond acceptors (Lipinski definition) is 7. The van der Waals surface area contributed by atoms with Crippen LogP contribution in [-0.4, -0.2) is 76.8 Å². The first-order chi connectivity index (χ1) is 11.0. The first-order valence-corrected chi connectivity index (χ1v) is 8.19. The molecule has 0 aromatic rings. The Morgan fingerprint density at radius 2 is 1.74 bits per heavy atom. The molecule has 136 valence electrons. The normalized spacial score (nSPS) is 31.1. The van der Waals surface area contributed by atoms with Gasteiger partial charge in [0.15, 0.2) is 6.29 Å². The number of carbonyl (C=O) groups is 1. The van der Waals surface area contributed by atoms with Gasteiger partial charge in [-0.05, 0) is 6.42 Å². The quantitative estimate of drug-likeness (QED) is 0.320. The van der Waals surface area contributed by atoms with Crippen molar-refractivity contribution >= 4 is 5.91 Å². The molecule has 0 saturated carbocycles. The van der Waals surface area contributed by atoms with Gasteiger partial charge >= 0.3 is 0 Å². The Morgan fingerprint density at radius 3 is 2.43 bits per heavy atom. The lowest BCUT2D eigenvalue weighted by Crippen LogP contribution is -2.58. The Bertz CT molecular complexity index is 342. The van der Waals surface area contributed by atoms with Crippen molar-refractivity contribution in [3.63, 3.8) is 0 Å². The Hall–Kier alpha value is -0.770. The molecule has 8 heteroatoms. The lowest BCUT2D eigenvalue weighted by Gasteiger charge is -2.38. The zero-order valence-electron chi connectivity index (χ0n) is 13.6. The van der Waals surface area contributed by atoms with Crippen molar-refractivity contribution < 1.29 is 34.7 Å². The van der Waals surface area contributed by atoms with Crippen molar-refractivity contribution in [3.05, 3.63) is 0 Å². The first kappa shape index (κ1) is 20.3. The van der Waals surface area contributed by atoms with Crippen molar-refractivity contribution in [1.29, 1.82) is 0 Å². The number of nitrogens with one attached hydrogen (secondary N) is 1. The fourth-order valence-corrected chi connectivity index (χ4v) is 2.34. The maximum absolute atomic E-state index is 11.6. The molecular formula is C15H29NO7. The number of rotatable bonds is 10. The van der Waals surface area contributed by atoms with Crippen molar-refractivity contribution in [2.75, 3.05) is 19.8 Å². The van der Waals surface area contributed by atoms with Crippen molar-refractivity contribution in [2.45, 2.75) is 69.7 Å². The highest BCUT2D eigenvalue weighted by Gasteiger charge is 2.42. The molecular weight excluding hydrogens is 306 g/mol. The fourth-order valence-electron chi connectivity index (χ4n) is 2.34. The molecule has 5 atom stereocenters. The van der Waals surface area contributed by atoms with Crippen molar-refractivity contribution in [1.82, 2.24) is 5.32 Å². The molecule has 1 saturated heterocycles. The summed E-state index contributed by atoms with van der Waals surface area (Å²) < 4.78 is 10.1. The number of amides is 1. The zero-order valence-corrected chi connectivity index (χ0v) is 13.6. The maximum atomic E-state index is 11.6. The monoisotopic (exact) mass is 335 g/mol. The van der Waals surface area contributed by atoms with Gasteiger partial charge in [0.25, 0.3) is 0 Å². The first-order valence-electron chi connectivity index (χ1n) is 8.19. The Kier molecular flexibility index (Phi) is 9.61. The zero-order chi connectivity index (χ0) is 17.2. The number of aliphatic hydroxyl groups excluding tert-OH is 4. The van der Waals surface area contributed by atoms with Gasteiger partial charge in [0.1, 0.15) is 31.0 Å². The SMILES string of the molecule is CCCCCCCNC(=O)COC[C@H]1OC(O)[C@H](O)[C@@H](O)[C@@H]1O. The minimum absolute atomic E-state index is 0.175. The molecule has 5 N–H and O–H groups in total. The van der Waals surface area contributed by atoms with Crippen molar-refractivity contribution in [2.24, 2.45) is 0 Å². The van der Waals surface area contributed by atoms with Gasteiger partial charge in [0.05, 0.1) is 6.61 Å². The molecule has 1 amide bonds. The van der Waals surface area contributed by atoms with E-state index in [4.69, 9.17) is 9.47 Å². The lowest BCUT2D eigenvalue weighted by atomic mass is 9.99. The van der Waals surface area contributed by atoms with E-state index in [1.54, 1.807) is 0 Å². The minimum Gasteiger partial charge on any atom is -0.387 e. The summed E-state index contributed by atoms with van der Waals surface area (Å²) in [6.07, 6.45) is -1.55. The predicted molar refractivity (Wildman–Crippen MR) is 81.5 cm³/mol. The standard InChI is InChI=1S/C15H29NO7/c1-2-3-4-5-6-7-16-11(17)9-22-8-10-12(18)13(19)14(20)15(21)23-10/h10,12-15,18-21H,2-9H2,1H3,(H,16,17)/t10-,12-,13+,14-,15?/m1/s1. The van der Waals surface area contributed by atoms with E-state index >= 15 is 0 Å². The van der Waals surface area contributed by atoms with Gasteiger partial charge in [-0.3, -0.25) is 4.79 Å². The van der Waals surface area contributed by atoms with Crippen LogP contribution >= 0.6 is 0 Å². The van der Waals surface area contributed by atoms with Gasteiger partial charge in [-0.15, -0.1) is 0 Å². The third kappa shape index (κ3) is 7.11. The third-order valence-electron chi connectivity index (χ3n) is 3.80.